The van der Waals surface area contributed by atoms with Crippen LogP contribution in [-0.2, 0) is 4.74 Å². The Bertz CT molecular complexity index is 1180. The molecule has 0 aliphatic carbocycles. The predicted molar refractivity (Wildman–Crippen MR) is 120 cm³/mol. The average Bonchev–Trinajstić information content (AvgIpc) is 2.76. The second kappa shape index (κ2) is 8.39. The summed E-state index contributed by atoms with van der Waals surface area (Å²) in [5, 5.41) is 0.123. The van der Waals surface area contributed by atoms with Gasteiger partial charge < -0.3 is 24.8 Å². The van der Waals surface area contributed by atoms with Gasteiger partial charge in [-0.2, -0.15) is 0 Å². The summed E-state index contributed by atoms with van der Waals surface area (Å²) in [5.41, 5.74) is 7.36. The van der Waals surface area contributed by atoms with Crippen LogP contribution in [0.5, 0.6) is 0 Å². The first-order chi connectivity index (χ1) is 14.9. The number of fused-ring (bicyclic) bond motifs is 1. The molecule has 1 aliphatic heterocycles. The molecule has 0 spiro atoms. The molecule has 1 fully saturated rings. The number of benzene rings is 2. The van der Waals surface area contributed by atoms with E-state index < -0.39 is 17.2 Å². The number of carbonyl (C=O) groups excluding carboxylic acids is 1. The molecule has 0 atom stereocenters. The summed E-state index contributed by atoms with van der Waals surface area (Å²) < 4.78 is 21.9. The van der Waals surface area contributed by atoms with Gasteiger partial charge in [-0.05, 0) is 50.4 Å². The van der Waals surface area contributed by atoms with Crippen molar-refractivity contribution >= 4 is 28.2 Å². The SMILES string of the molecule is CCOC(=O)c1cn(-c2ccc(N)cc2)c2cc(N3CCN(C)CC3)c(F)cc2c1=O. The molecule has 162 valence electrons. The molecule has 4 rings (SSSR count). The maximum atomic E-state index is 15.1. The maximum Gasteiger partial charge on any atom is 0.343 e. The van der Waals surface area contributed by atoms with Crippen molar-refractivity contribution in [2.75, 3.05) is 50.5 Å². The van der Waals surface area contributed by atoms with E-state index in [9.17, 15) is 9.59 Å². The molecule has 31 heavy (non-hydrogen) atoms. The zero-order valence-corrected chi connectivity index (χ0v) is 17.6. The number of carbonyl (C=O) groups is 1. The van der Waals surface area contributed by atoms with Crippen molar-refractivity contribution in [3.63, 3.8) is 0 Å². The molecule has 1 aromatic heterocycles. The highest BCUT2D eigenvalue weighted by molar-refractivity contribution is 5.95. The van der Waals surface area contributed by atoms with E-state index in [2.05, 4.69) is 4.90 Å². The van der Waals surface area contributed by atoms with E-state index in [1.165, 1.54) is 12.3 Å². The molecule has 1 aliphatic rings. The molecule has 0 amide bonds. The molecule has 3 aromatic rings. The van der Waals surface area contributed by atoms with E-state index in [0.717, 1.165) is 13.1 Å². The van der Waals surface area contributed by atoms with Crippen LogP contribution in [0.25, 0.3) is 16.6 Å². The second-order valence-electron chi connectivity index (χ2n) is 7.66. The van der Waals surface area contributed by atoms with Crippen LogP contribution >= 0.6 is 0 Å². The van der Waals surface area contributed by atoms with Crippen molar-refractivity contribution in [1.82, 2.24) is 9.47 Å². The van der Waals surface area contributed by atoms with E-state index in [1.54, 1.807) is 41.8 Å². The Morgan fingerprint density at radius 2 is 1.81 bits per heavy atom. The van der Waals surface area contributed by atoms with Gasteiger partial charge >= 0.3 is 5.97 Å². The van der Waals surface area contributed by atoms with Gasteiger partial charge in [0.2, 0.25) is 5.43 Å². The van der Waals surface area contributed by atoms with Crippen molar-refractivity contribution in [3.8, 4) is 5.69 Å². The van der Waals surface area contributed by atoms with Crippen LogP contribution in [0, 0.1) is 5.82 Å². The van der Waals surface area contributed by atoms with Crippen LogP contribution < -0.4 is 16.1 Å². The number of nitrogens with zero attached hydrogens (tertiary/aromatic N) is 3. The minimum atomic E-state index is -0.734. The molecule has 1 saturated heterocycles. The number of nitrogens with two attached hydrogens (primary N) is 1. The third kappa shape index (κ3) is 3.98. The molecule has 0 bridgehead atoms. The Morgan fingerprint density at radius 3 is 2.45 bits per heavy atom. The quantitative estimate of drug-likeness (QED) is 0.512. The number of anilines is 2. The van der Waals surface area contributed by atoms with Crippen LogP contribution in [0.3, 0.4) is 0 Å². The topological polar surface area (TPSA) is 80.8 Å². The fraction of sp³-hybridized carbons (Fsp3) is 0.304. The van der Waals surface area contributed by atoms with Gasteiger partial charge in [-0.25, -0.2) is 9.18 Å². The second-order valence-corrected chi connectivity index (χ2v) is 7.66. The normalized spacial score (nSPS) is 14.7. The number of nitrogen functional groups attached to an aromatic ring is 1. The van der Waals surface area contributed by atoms with Crippen molar-refractivity contribution < 1.29 is 13.9 Å². The molecule has 2 N–H and O–H groups in total. The highest BCUT2D eigenvalue weighted by Gasteiger charge is 2.22. The molecule has 0 saturated carbocycles. The molecule has 7 nitrogen and oxygen atoms in total. The van der Waals surface area contributed by atoms with Crippen molar-refractivity contribution in [3.05, 3.63) is 64.2 Å². The smallest absolute Gasteiger partial charge is 0.343 e. The van der Waals surface area contributed by atoms with Crippen LogP contribution in [0.4, 0.5) is 15.8 Å². The number of piperazine rings is 1. The van der Waals surface area contributed by atoms with Crippen LogP contribution in [-0.4, -0.2) is 55.3 Å². The maximum absolute atomic E-state index is 15.1. The summed E-state index contributed by atoms with van der Waals surface area (Å²) in [4.78, 5) is 29.6. The lowest BCUT2D eigenvalue weighted by molar-refractivity contribution is 0.0524. The fourth-order valence-electron chi connectivity index (χ4n) is 3.83. The number of esters is 1. The van der Waals surface area contributed by atoms with E-state index in [4.69, 9.17) is 10.5 Å². The lowest BCUT2D eigenvalue weighted by atomic mass is 10.1. The summed E-state index contributed by atoms with van der Waals surface area (Å²) in [6.45, 7) is 4.82. The predicted octanol–water partition coefficient (Wildman–Crippen LogP) is 2.64. The summed E-state index contributed by atoms with van der Waals surface area (Å²) in [6.07, 6.45) is 1.46. The third-order valence-electron chi connectivity index (χ3n) is 5.58. The molecule has 2 aromatic carbocycles. The lowest BCUT2D eigenvalue weighted by Crippen LogP contribution is -2.44. The van der Waals surface area contributed by atoms with Crippen LogP contribution in [0.2, 0.25) is 0 Å². The van der Waals surface area contributed by atoms with E-state index >= 15 is 4.39 Å². The van der Waals surface area contributed by atoms with Crippen LogP contribution in [0.15, 0.2) is 47.4 Å². The zero-order valence-electron chi connectivity index (χ0n) is 17.6. The van der Waals surface area contributed by atoms with E-state index in [0.29, 0.717) is 35.7 Å². The first kappa shape index (κ1) is 20.9. The molecular formula is C23H25FN4O3. The highest BCUT2D eigenvalue weighted by atomic mass is 19.1. The number of aromatic nitrogens is 1. The van der Waals surface area contributed by atoms with Gasteiger partial charge in [0.05, 0.1) is 17.8 Å². The van der Waals surface area contributed by atoms with Gasteiger partial charge in [0, 0.05) is 49.1 Å². The minimum absolute atomic E-state index is 0.123. The monoisotopic (exact) mass is 424 g/mol. The van der Waals surface area contributed by atoms with Gasteiger partial charge in [0.15, 0.2) is 0 Å². The Kier molecular flexibility index (Phi) is 5.65. The molecule has 8 heteroatoms. The van der Waals surface area contributed by atoms with Gasteiger partial charge in [-0.1, -0.05) is 0 Å². The van der Waals surface area contributed by atoms with Crippen LogP contribution in [0.1, 0.15) is 17.3 Å². The first-order valence-electron chi connectivity index (χ1n) is 10.2. The Balaban J connectivity index is 1.95. The van der Waals surface area contributed by atoms with Crippen molar-refractivity contribution in [2.24, 2.45) is 0 Å². The Hall–Kier alpha value is -3.39. The lowest BCUT2D eigenvalue weighted by Gasteiger charge is -2.34. The standard InChI is InChI=1S/C23H25FN4O3/c1-3-31-23(30)18-14-28(16-6-4-15(25)5-7-16)20-13-21(19(24)12-17(20)22(18)29)27-10-8-26(2)9-11-27/h4-7,12-14H,3,8-11,25H2,1-2H3. The van der Waals surface area contributed by atoms with Crippen molar-refractivity contribution in [2.45, 2.75) is 6.92 Å². The van der Waals surface area contributed by atoms with Gasteiger partial charge in [0.1, 0.15) is 11.4 Å². The van der Waals surface area contributed by atoms with E-state index in [1.807, 2.05) is 11.9 Å². The minimum Gasteiger partial charge on any atom is -0.462 e. The Morgan fingerprint density at radius 1 is 1.13 bits per heavy atom. The van der Waals surface area contributed by atoms with Gasteiger partial charge in [0.25, 0.3) is 0 Å². The van der Waals surface area contributed by atoms with Crippen molar-refractivity contribution in [1.29, 1.82) is 0 Å². The summed E-state index contributed by atoms with van der Waals surface area (Å²) >= 11 is 0. The highest BCUT2D eigenvalue weighted by Crippen LogP contribution is 2.28. The molecular weight excluding hydrogens is 399 g/mol. The number of ether oxygens (including phenoxy) is 1. The van der Waals surface area contributed by atoms with Gasteiger partial charge in [-0.3, -0.25) is 4.79 Å². The Labute approximate surface area is 179 Å². The number of rotatable bonds is 4. The molecule has 2 heterocycles. The largest absolute Gasteiger partial charge is 0.462 e. The number of hydrogen-bond acceptors (Lipinski definition) is 6. The number of likely N-dealkylation sites (N-methyl/N-ethyl adjacent to an activating group) is 1. The average molecular weight is 424 g/mol. The summed E-state index contributed by atoms with van der Waals surface area (Å²) in [6, 6.07) is 9.94. The fourth-order valence-corrected chi connectivity index (χ4v) is 3.83. The number of hydrogen-bond donors (Lipinski definition) is 1. The summed E-state index contributed by atoms with van der Waals surface area (Å²) in [5.74, 6) is -1.22. The first-order valence-corrected chi connectivity index (χ1v) is 10.2. The summed E-state index contributed by atoms with van der Waals surface area (Å²) in [7, 11) is 2.03. The third-order valence-corrected chi connectivity index (χ3v) is 5.58. The number of halogens is 1. The van der Waals surface area contributed by atoms with E-state index in [-0.39, 0.29) is 17.6 Å². The zero-order chi connectivity index (χ0) is 22.1. The number of pyridine rings is 1. The molecule has 0 radical (unpaired) electrons. The van der Waals surface area contributed by atoms with Gasteiger partial charge in [-0.15, -0.1) is 0 Å². The molecule has 0 unspecified atom stereocenters.